The lowest BCUT2D eigenvalue weighted by molar-refractivity contribution is 0.623. The van der Waals surface area contributed by atoms with E-state index in [4.69, 9.17) is 5.26 Å². The minimum atomic E-state index is -0.471. The second kappa shape index (κ2) is 4.61. The predicted octanol–water partition coefficient (Wildman–Crippen LogP) is 2.91. The van der Waals surface area contributed by atoms with Gasteiger partial charge in [0.1, 0.15) is 11.9 Å². The predicted molar refractivity (Wildman–Crippen MR) is 54.5 cm³/mol. The van der Waals surface area contributed by atoms with Crippen LogP contribution in [0.5, 0.6) is 0 Å². The van der Waals surface area contributed by atoms with Crippen LogP contribution in [0.15, 0.2) is 18.2 Å². The van der Waals surface area contributed by atoms with Crippen LogP contribution in [0.1, 0.15) is 25.8 Å². The van der Waals surface area contributed by atoms with Crippen LogP contribution < -0.4 is 5.32 Å². The summed E-state index contributed by atoms with van der Waals surface area (Å²) in [6, 6.07) is 6.65. The van der Waals surface area contributed by atoms with Crippen LogP contribution >= 0.6 is 0 Å². The lowest BCUT2D eigenvalue weighted by atomic mass is 10.2. The molecule has 0 bridgehead atoms. The van der Waals surface area contributed by atoms with Crippen molar-refractivity contribution in [2.45, 2.75) is 26.3 Å². The zero-order chi connectivity index (χ0) is 10.6. The molecule has 0 radical (unpaired) electrons. The molecule has 3 heteroatoms. The van der Waals surface area contributed by atoms with E-state index in [-0.39, 0.29) is 5.56 Å². The Morgan fingerprint density at radius 3 is 2.79 bits per heavy atom. The van der Waals surface area contributed by atoms with Gasteiger partial charge >= 0.3 is 0 Å². The SMILES string of the molecule is CCC(C)Nc1ccc(C#N)c(F)c1. The normalized spacial score (nSPS) is 11.9. The summed E-state index contributed by atoms with van der Waals surface area (Å²) in [5, 5.41) is 11.7. The molecule has 1 aromatic rings. The molecule has 1 unspecified atom stereocenters. The van der Waals surface area contributed by atoms with Crippen LogP contribution in [-0.2, 0) is 0 Å². The van der Waals surface area contributed by atoms with Gasteiger partial charge in [-0.05, 0) is 31.5 Å². The maximum absolute atomic E-state index is 13.1. The van der Waals surface area contributed by atoms with E-state index in [1.165, 1.54) is 12.1 Å². The van der Waals surface area contributed by atoms with E-state index in [1.54, 1.807) is 12.1 Å². The fourth-order valence-corrected chi connectivity index (χ4v) is 1.08. The number of hydrogen-bond donors (Lipinski definition) is 1. The number of nitriles is 1. The standard InChI is InChI=1S/C11H13FN2/c1-3-8(2)14-10-5-4-9(7-13)11(12)6-10/h4-6,8,14H,3H2,1-2H3. The number of nitrogens with one attached hydrogen (secondary N) is 1. The molecule has 1 N–H and O–H groups in total. The topological polar surface area (TPSA) is 35.8 Å². The van der Waals surface area contributed by atoms with Crippen molar-refractivity contribution in [2.24, 2.45) is 0 Å². The first-order valence-corrected chi connectivity index (χ1v) is 4.63. The zero-order valence-electron chi connectivity index (χ0n) is 8.34. The van der Waals surface area contributed by atoms with Gasteiger partial charge in [0.25, 0.3) is 0 Å². The second-order valence-corrected chi connectivity index (χ2v) is 3.26. The molecule has 0 aromatic heterocycles. The van der Waals surface area contributed by atoms with Crippen molar-refractivity contribution >= 4 is 5.69 Å². The Kier molecular flexibility index (Phi) is 3.47. The molecule has 0 saturated heterocycles. The van der Waals surface area contributed by atoms with Gasteiger partial charge in [-0.3, -0.25) is 0 Å². The molecule has 1 atom stereocenters. The summed E-state index contributed by atoms with van der Waals surface area (Å²) >= 11 is 0. The lowest BCUT2D eigenvalue weighted by Crippen LogP contribution is -2.13. The highest BCUT2D eigenvalue weighted by atomic mass is 19.1. The monoisotopic (exact) mass is 192 g/mol. The summed E-state index contributed by atoms with van der Waals surface area (Å²) < 4.78 is 13.1. The van der Waals surface area contributed by atoms with Gasteiger partial charge in [-0.15, -0.1) is 0 Å². The third-order valence-electron chi connectivity index (χ3n) is 2.11. The Bertz CT molecular complexity index is 355. The number of benzene rings is 1. The van der Waals surface area contributed by atoms with Gasteiger partial charge in [-0.1, -0.05) is 6.92 Å². The van der Waals surface area contributed by atoms with E-state index < -0.39 is 5.82 Å². The summed E-state index contributed by atoms with van der Waals surface area (Å²) in [4.78, 5) is 0. The van der Waals surface area contributed by atoms with Crippen molar-refractivity contribution in [3.63, 3.8) is 0 Å². The first kappa shape index (κ1) is 10.5. The van der Waals surface area contributed by atoms with Gasteiger partial charge in [0.15, 0.2) is 0 Å². The van der Waals surface area contributed by atoms with Crippen molar-refractivity contribution in [1.29, 1.82) is 5.26 Å². The molecular weight excluding hydrogens is 179 g/mol. The van der Waals surface area contributed by atoms with Gasteiger partial charge in [-0.2, -0.15) is 5.26 Å². The summed E-state index contributed by atoms with van der Waals surface area (Å²) in [6.45, 7) is 4.08. The lowest BCUT2D eigenvalue weighted by Gasteiger charge is -2.12. The van der Waals surface area contributed by atoms with Crippen LogP contribution in [-0.4, -0.2) is 6.04 Å². The first-order valence-electron chi connectivity index (χ1n) is 4.63. The summed E-state index contributed by atoms with van der Waals surface area (Å²) in [6.07, 6.45) is 0.974. The van der Waals surface area contributed by atoms with E-state index in [0.29, 0.717) is 6.04 Å². The zero-order valence-corrected chi connectivity index (χ0v) is 8.34. The Labute approximate surface area is 83.4 Å². The summed E-state index contributed by atoms with van der Waals surface area (Å²) in [7, 11) is 0. The van der Waals surface area contributed by atoms with Crippen molar-refractivity contribution in [1.82, 2.24) is 0 Å². The first-order chi connectivity index (χ1) is 6.67. The molecule has 0 aliphatic carbocycles. The van der Waals surface area contributed by atoms with Crippen LogP contribution in [0.3, 0.4) is 0 Å². The number of anilines is 1. The highest BCUT2D eigenvalue weighted by Crippen LogP contribution is 2.15. The Hall–Kier alpha value is -1.56. The number of halogens is 1. The van der Waals surface area contributed by atoms with E-state index in [9.17, 15) is 4.39 Å². The number of hydrogen-bond acceptors (Lipinski definition) is 2. The van der Waals surface area contributed by atoms with E-state index in [1.807, 2.05) is 6.92 Å². The molecule has 1 rings (SSSR count). The average Bonchev–Trinajstić information content (AvgIpc) is 2.18. The van der Waals surface area contributed by atoms with E-state index in [2.05, 4.69) is 12.2 Å². The number of nitrogens with zero attached hydrogens (tertiary/aromatic N) is 1. The maximum atomic E-state index is 13.1. The maximum Gasteiger partial charge on any atom is 0.143 e. The Balaban J connectivity index is 2.82. The van der Waals surface area contributed by atoms with Crippen molar-refractivity contribution in [3.8, 4) is 6.07 Å². The van der Waals surface area contributed by atoms with Gasteiger partial charge in [0.2, 0.25) is 0 Å². The smallest absolute Gasteiger partial charge is 0.143 e. The highest BCUT2D eigenvalue weighted by molar-refractivity contribution is 5.48. The average molecular weight is 192 g/mol. The minimum Gasteiger partial charge on any atom is -0.383 e. The third kappa shape index (κ3) is 2.46. The molecule has 0 amide bonds. The van der Waals surface area contributed by atoms with Crippen LogP contribution in [0.2, 0.25) is 0 Å². The van der Waals surface area contributed by atoms with Crippen LogP contribution in [0.25, 0.3) is 0 Å². The van der Waals surface area contributed by atoms with Crippen LogP contribution in [0, 0.1) is 17.1 Å². The van der Waals surface area contributed by atoms with Crippen molar-refractivity contribution < 1.29 is 4.39 Å². The molecule has 0 fully saturated rings. The fraction of sp³-hybridized carbons (Fsp3) is 0.364. The molecule has 1 aromatic carbocycles. The minimum absolute atomic E-state index is 0.0831. The highest BCUT2D eigenvalue weighted by Gasteiger charge is 2.03. The molecule has 0 heterocycles. The van der Waals surface area contributed by atoms with Gasteiger partial charge in [0, 0.05) is 11.7 Å². The second-order valence-electron chi connectivity index (χ2n) is 3.26. The van der Waals surface area contributed by atoms with E-state index >= 15 is 0 Å². The fourth-order valence-electron chi connectivity index (χ4n) is 1.08. The Morgan fingerprint density at radius 2 is 2.29 bits per heavy atom. The molecule has 2 nitrogen and oxygen atoms in total. The molecule has 0 spiro atoms. The Morgan fingerprint density at radius 1 is 1.57 bits per heavy atom. The third-order valence-corrected chi connectivity index (χ3v) is 2.11. The van der Waals surface area contributed by atoms with Gasteiger partial charge < -0.3 is 5.32 Å². The molecule has 0 saturated carbocycles. The van der Waals surface area contributed by atoms with E-state index in [0.717, 1.165) is 12.1 Å². The van der Waals surface area contributed by atoms with Crippen molar-refractivity contribution in [2.75, 3.05) is 5.32 Å². The number of rotatable bonds is 3. The summed E-state index contributed by atoms with van der Waals surface area (Å²) in [5.41, 5.74) is 0.801. The molecule has 74 valence electrons. The molecule has 14 heavy (non-hydrogen) atoms. The van der Waals surface area contributed by atoms with Gasteiger partial charge in [0.05, 0.1) is 5.56 Å². The molecular formula is C11H13FN2. The van der Waals surface area contributed by atoms with Gasteiger partial charge in [-0.25, -0.2) is 4.39 Å². The molecule has 0 aliphatic rings. The molecule has 0 aliphatic heterocycles. The summed E-state index contributed by atoms with van der Waals surface area (Å²) in [5.74, 6) is -0.471. The van der Waals surface area contributed by atoms with Crippen molar-refractivity contribution in [3.05, 3.63) is 29.6 Å². The largest absolute Gasteiger partial charge is 0.383 e. The van der Waals surface area contributed by atoms with Crippen LogP contribution in [0.4, 0.5) is 10.1 Å². The quantitative estimate of drug-likeness (QED) is 0.799.